The summed E-state index contributed by atoms with van der Waals surface area (Å²) in [6.07, 6.45) is 5.51. The third-order valence-corrected chi connectivity index (χ3v) is 6.68. The summed E-state index contributed by atoms with van der Waals surface area (Å²) in [4.78, 5) is 42.8. The van der Waals surface area contributed by atoms with Crippen LogP contribution in [-0.2, 0) is 21.5 Å². The zero-order chi connectivity index (χ0) is 17.6. The number of hydrogen-bond acceptors (Lipinski definition) is 4. The maximum absolute atomic E-state index is 13.3. The Balaban J connectivity index is 1.61. The van der Waals surface area contributed by atoms with Crippen molar-refractivity contribution < 1.29 is 14.4 Å². The fourth-order valence-electron chi connectivity index (χ4n) is 4.35. The molecule has 0 aromatic carbocycles. The van der Waals surface area contributed by atoms with Crippen LogP contribution in [0.25, 0.3) is 0 Å². The number of carbonyl (C=O) groups is 3. The Labute approximate surface area is 151 Å². The van der Waals surface area contributed by atoms with Gasteiger partial charge in [-0.1, -0.05) is 0 Å². The van der Waals surface area contributed by atoms with E-state index in [1.165, 1.54) is 0 Å². The molecule has 1 aromatic rings. The second kappa shape index (κ2) is 6.12. The minimum atomic E-state index is -0.971. The fourth-order valence-corrected chi connectivity index (χ4v) is 5.35. The van der Waals surface area contributed by atoms with Crippen LogP contribution in [0.5, 0.6) is 0 Å². The lowest BCUT2D eigenvalue weighted by Crippen LogP contribution is -2.52. The molecule has 4 rings (SSSR count). The second-order valence-electron chi connectivity index (χ2n) is 7.18. The fraction of sp³-hybridized carbons (Fsp3) is 0.611. The number of hydrogen-bond donors (Lipinski definition) is 1. The molecule has 3 heterocycles. The smallest absolute Gasteiger partial charge is 0.326 e. The van der Waals surface area contributed by atoms with Gasteiger partial charge in [0.1, 0.15) is 11.6 Å². The highest BCUT2D eigenvalue weighted by Crippen LogP contribution is 2.42. The average Bonchev–Trinajstić information content (AvgIpc) is 3.20. The van der Waals surface area contributed by atoms with Crippen molar-refractivity contribution in [1.29, 1.82) is 0 Å². The minimum Gasteiger partial charge on any atom is -0.341 e. The summed E-state index contributed by atoms with van der Waals surface area (Å²) in [5, 5.41) is 4.90. The zero-order valence-electron chi connectivity index (χ0n) is 14.4. The number of piperidine rings is 1. The normalized spacial score (nSPS) is 27.4. The van der Waals surface area contributed by atoms with Crippen molar-refractivity contribution in [2.75, 3.05) is 13.1 Å². The van der Waals surface area contributed by atoms with Crippen LogP contribution in [0.2, 0.25) is 0 Å². The van der Waals surface area contributed by atoms with E-state index in [2.05, 4.69) is 5.32 Å². The molecular weight excluding hydrogens is 338 g/mol. The van der Waals surface area contributed by atoms with Crippen LogP contribution in [0.4, 0.5) is 4.79 Å². The summed E-state index contributed by atoms with van der Waals surface area (Å²) >= 11 is 1.63. The van der Waals surface area contributed by atoms with Crippen LogP contribution < -0.4 is 5.32 Å². The predicted octanol–water partition coefficient (Wildman–Crippen LogP) is 2.23. The molecule has 0 saturated carbocycles. The van der Waals surface area contributed by atoms with Gasteiger partial charge in [-0.25, -0.2) is 9.69 Å². The van der Waals surface area contributed by atoms with Crippen LogP contribution in [-0.4, -0.2) is 46.8 Å². The first-order valence-corrected chi connectivity index (χ1v) is 9.94. The Kier molecular flexibility index (Phi) is 4.06. The zero-order valence-corrected chi connectivity index (χ0v) is 15.2. The van der Waals surface area contributed by atoms with Crippen molar-refractivity contribution in [2.45, 2.75) is 57.0 Å². The van der Waals surface area contributed by atoms with E-state index in [4.69, 9.17) is 0 Å². The van der Waals surface area contributed by atoms with Gasteiger partial charge in [-0.3, -0.25) is 9.59 Å². The van der Waals surface area contributed by atoms with E-state index in [0.29, 0.717) is 19.5 Å². The van der Waals surface area contributed by atoms with Gasteiger partial charge >= 0.3 is 6.03 Å². The molecule has 1 N–H and O–H groups in total. The first-order chi connectivity index (χ1) is 12.0. The maximum Gasteiger partial charge on any atom is 0.326 e. The van der Waals surface area contributed by atoms with Crippen molar-refractivity contribution in [3.8, 4) is 0 Å². The summed E-state index contributed by atoms with van der Waals surface area (Å²) in [6.45, 7) is 3.10. The van der Waals surface area contributed by atoms with Gasteiger partial charge in [0.05, 0.1) is 0 Å². The van der Waals surface area contributed by atoms with Gasteiger partial charge in [0.2, 0.25) is 5.91 Å². The third kappa shape index (κ3) is 2.47. The lowest BCUT2D eigenvalue weighted by atomic mass is 9.80. The van der Waals surface area contributed by atoms with E-state index < -0.39 is 17.6 Å². The largest absolute Gasteiger partial charge is 0.341 e. The molecule has 1 aliphatic carbocycles. The number of imide groups is 1. The summed E-state index contributed by atoms with van der Waals surface area (Å²) in [5.74, 6) is -0.392. The first-order valence-electron chi connectivity index (χ1n) is 9.06. The number of nitrogens with zero attached hydrogens (tertiary/aromatic N) is 2. The molecule has 6 nitrogen and oxygen atoms in total. The highest BCUT2D eigenvalue weighted by molar-refractivity contribution is 7.10. The second-order valence-corrected chi connectivity index (χ2v) is 8.18. The Bertz CT molecular complexity index is 725. The van der Waals surface area contributed by atoms with E-state index in [0.717, 1.165) is 47.4 Å². The number of urea groups is 1. The van der Waals surface area contributed by atoms with Crippen molar-refractivity contribution in [2.24, 2.45) is 0 Å². The highest BCUT2D eigenvalue weighted by atomic mass is 32.1. The van der Waals surface area contributed by atoms with Gasteiger partial charge in [-0.2, -0.15) is 0 Å². The SMILES string of the molecule is C[C@H](C(=O)N1CCCCC1)N1C(=O)N[C@]2(CCCc3sccc32)C1=O. The van der Waals surface area contributed by atoms with Crippen molar-refractivity contribution >= 4 is 29.2 Å². The predicted molar refractivity (Wildman–Crippen MR) is 94.2 cm³/mol. The quantitative estimate of drug-likeness (QED) is 0.821. The number of rotatable bonds is 2. The molecule has 1 spiro atoms. The van der Waals surface area contributed by atoms with Crippen LogP contribution in [0.15, 0.2) is 11.4 Å². The first kappa shape index (κ1) is 16.6. The topological polar surface area (TPSA) is 69.7 Å². The molecule has 2 saturated heterocycles. The number of nitrogens with one attached hydrogen (secondary N) is 1. The molecule has 4 amide bonds. The number of likely N-dealkylation sites (tertiary alicyclic amines) is 1. The Morgan fingerprint density at radius 2 is 2.00 bits per heavy atom. The third-order valence-electron chi connectivity index (χ3n) is 5.70. The van der Waals surface area contributed by atoms with Gasteiger partial charge < -0.3 is 10.2 Å². The molecule has 3 aliphatic rings. The lowest BCUT2D eigenvalue weighted by molar-refractivity contribution is -0.143. The standard InChI is InChI=1S/C18H23N3O3S/c1-12(15(22)20-9-3-2-4-10-20)21-16(23)18(19-17(21)24)8-5-6-14-13(18)7-11-25-14/h7,11-12H,2-6,8-10H2,1H3,(H,19,24)/t12-,18+/m1/s1. The number of carbonyl (C=O) groups excluding carboxylic acids is 3. The molecule has 7 heteroatoms. The Morgan fingerprint density at radius 1 is 1.24 bits per heavy atom. The molecular formula is C18H23N3O3S. The number of aryl methyl sites for hydroxylation is 1. The molecule has 1 aromatic heterocycles. The minimum absolute atomic E-state index is 0.124. The summed E-state index contributed by atoms with van der Waals surface area (Å²) in [7, 11) is 0. The maximum atomic E-state index is 13.3. The van der Waals surface area contributed by atoms with Gasteiger partial charge in [0.15, 0.2) is 0 Å². The van der Waals surface area contributed by atoms with Crippen LogP contribution in [0.3, 0.4) is 0 Å². The molecule has 134 valence electrons. The van der Waals surface area contributed by atoms with Crippen LogP contribution >= 0.6 is 11.3 Å². The molecule has 25 heavy (non-hydrogen) atoms. The van der Waals surface area contributed by atoms with Crippen LogP contribution in [0, 0.1) is 0 Å². The van der Waals surface area contributed by atoms with E-state index in [1.807, 2.05) is 11.4 Å². The molecule has 2 aliphatic heterocycles. The molecule has 0 unspecified atom stereocenters. The van der Waals surface area contributed by atoms with Crippen molar-refractivity contribution in [1.82, 2.24) is 15.1 Å². The van der Waals surface area contributed by atoms with Crippen LogP contribution in [0.1, 0.15) is 49.5 Å². The van der Waals surface area contributed by atoms with E-state index in [9.17, 15) is 14.4 Å². The molecule has 2 fully saturated rings. The van der Waals surface area contributed by atoms with Gasteiger partial charge in [-0.15, -0.1) is 11.3 Å². The number of thiophene rings is 1. The monoisotopic (exact) mass is 361 g/mol. The highest BCUT2D eigenvalue weighted by Gasteiger charge is 2.56. The van der Waals surface area contributed by atoms with Gasteiger partial charge in [0, 0.05) is 23.5 Å². The summed E-state index contributed by atoms with van der Waals surface area (Å²) in [6, 6.07) is 0.744. The average molecular weight is 361 g/mol. The molecule has 2 atom stereocenters. The van der Waals surface area contributed by atoms with Crippen molar-refractivity contribution in [3.63, 3.8) is 0 Å². The number of fused-ring (bicyclic) bond motifs is 2. The molecule has 0 bridgehead atoms. The Hall–Kier alpha value is -1.89. The number of amides is 4. The summed E-state index contributed by atoms with van der Waals surface area (Å²) < 4.78 is 0. The Morgan fingerprint density at radius 3 is 2.76 bits per heavy atom. The lowest BCUT2D eigenvalue weighted by Gasteiger charge is -2.33. The van der Waals surface area contributed by atoms with Gasteiger partial charge in [0.25, 0.3) is 5.91 Å². The van der Waals surface area contributed by atoms with E-state index in [-0.39, 0.29) is 11.8 Å². The molecule has 0 radical (unpaired) electrons. The van der Waals surface area contributed by atoms with Crippen molar-refractivity contribution in [3.05, 3.63) is 21.9 Å². The van der Waals surface area contributed by atoms with E-state index >= 15 is 0 Å². The van der Waals surface area contributed by atoms with Gasteiger partial charge in [-0.05, 0) is 56.9 Å². The van der Waals surface area contributed by atoms with E-state index in [1.54, 1.807) is 23.2 Å². The summed E-state index contributed by atoms with van der Waals surface area (Å²) in [5.41, 5.74) is -0.0524.